The second-order valence-corrected chi connectivity index (χ2v) is 10.5. The largest absolute Gasteiger partial charge is 0.320 e. The maximum absolute atomic E-state index is 13.4. The first-order valence-corrected chi connectivity index (χ1v) is 11.3. The fraction of sp³-hybridized carbons (Fsp3) is 0.708. The third kappa shape index (κ3) is 3.04. The number of nitrogens with zero attached hydrogens (tertiary/aromatic N) is 2. The summed E-state index contributed by atoms with van der Waals surface area (Å²) in [6.45, 7) is 10.6. The molecule has 28 heavy (non-hydrogen) atoms. The van der Waals surface area contributed by atoms with Crippen LogP contribution >= 0.6 is 0 Å². The lowest BCUT2D eigenvalue weighted by atomic mass is 9.80. The van der Waals surface area contributed by atoms with E-state index in [0.29, 0.717) is 12.1 Å². The summed E-state index contributed by atoms with van der Waals surface area (Å²) in [7, 11) is 0. The summed E-state index contributed by atoms with van der Waals surface area (Å²) < 4.78 is 0. The summed E-state index contributed by atoms with van der Waals surface area (Å²) in [5.41, 5.74) is 6.19. The first kappa shape index (κ1) is 18.5. The minimum absolute atomic E-state index is 0.156. The van der Waals surface area contributed by atoms with Gasteiger partial charge in [-0.05, 0) is 79.2 Å². The number of benzene rings is 1. The Labute approximate surface area is 169 Å². The summed E-state index contributed by atoms with van der Waals surface area (Å²) in [6, 6.07) is 5.61. The molecule has 3 heterocycles. The lowest BCUT2D eigenvalue weighted by Crippen LogP contribution is -2.48. The third-order valence-corrected chi connectivity index (χ3v) is 7.60. The van der Waals surface area contributed by atoms with Crippen LogP contribution in [0.25, 0.3) is 0 Å². The molecule has 2 saturated heterocycles. The van der Waals surface area contributed by atoms with E-state index in [1.54, 1.807) is 0 Å². The van der Waals surface area contributed by atoms with Gasteiger partial charge in [0.2, 0.25) is 0 Å². The Morgan fingerprint density at radius 2 is 1.96 bits per heavy atom. The molecule has 2 amide bonds. The number of rotatable bonds is 1. The Morgan fingerprint density at radius 1 is 1.14 bits per heavy atom. The molecule has 5 rings (SSSR count). The van der Waals surface area contributed by atoms with Crippen molar-refractivity contribution in [2.75, 3.05) is 19.6 Å². The van der Waals surface area contributed by atoms with Crippen LogP contribution in [0.2, 0.25) is 0 Å². The van der Waals surface area contributed by atoms with Crippen molar-refractivity contribution in [2.45, 2.75) is 89.3 Å². The lowest BCUT2D eigenvalue weighted by Gasteiger charge is -2.37. The van der Waals surface area contributed by atoms with Crippen LogP contribution in [0, 0.1) is 0 Å². The molecule has 0 aromatic heterocycles. The maximum Gasteiger partial charge on any atom is 0.320 e. The van der Waals surface area contributed by atoms with Crippen LogP contribution in [0.4, 0.5) is 4.79 Å². The summed E-state index contributed by atoms with van der Waals surface area (Å²) in [4.78, 5) is 17.7. The van der Waals surface area contributed by atoms with Gasteiger partial charge in [-0.25, -0.2) is 4.79 Å². The molecule has 1 aromatic rings. The third-order valence-electron chi connectivity index (χ3n) is 7.60. The van der Waals surface area contributed by atoms with Gasteiger partial charge in [0.05, 0.1) is 0 Å². The van der Waals surface area contributed by atoms with Crippen molar-refractivity contribution in [1.82, 2.24) is 15.1 Å². The van der Waals surface area contributed by atoms with E-state index in [0.717, 1.165) is 32.6 Å². The SMILES string of the molecule is CC(C)(C)c1cc2c(c([C@@H]3CCCN3)c1)CN(C(=O)N1CCCC13CC3)CC2. The molecule has 1 atom stereocenters. The molecule has 1 spiro atoms. The van der Waals surface area contributed by atoms with E-state index in [2.05, 4.69) is 48.0 Å². The highest BCUT2D eigenvalue weighted by Gasteiger charge is 2.53. The minimum atomic E-state index is 0.156. The number of amides is 2. The zero-order valence-corrected chi connectivity index (χ0v) is 17.8. The van der Waals surface area contributed by atoms with Gasteiger partial charge in [0, 0.05) is 31.2 Å². The molecule has 1 N–H and O–H groups in total. The van der Waals surface area contributed by atoms with E-state index in [1.165, 1.54) is 60.8 Å². The highest BCUT2D eigenvalue weighted by molar-refractivity contribution is 5.77. The zero-order chi connectivity index (χ0) is 19.5. The standard InChI is InChI=1S/C24H35N3O/c1-23(2,3)18-14-17-7-13-26(22(28)27-12-5-8-24(27)9-10-24)16-20(17)19(15-18)21-6-4-11-25-21/h14-15,21,25H,4-13,16H2,1-3H3/t21-/m0/s1. The molecule has 1 saturated carbocycles. The number of hydrogen-bond acceptors (Lipinski definition) is 2. The van der Waals surface area contributed by atoms with Crippen molar-refractivity contribution in [1.29, 1.82) is 0 Å². The van der Waals surface area contributed by atoms with Gasteiger partial charge in [0.1, 0.15) is 0 Å². The molecule has 4 heteroatoms. The topological polar surface area (TPSA) is 35.6 Å². The summed E-state index contributed by atoms with van der Waals surface area (Å²) >= 11 is 0. The van der Waals surface area contributed by atoms with Crippen LogP contribution in [0.3, 0.4) is 0 Å². The number of fused-ring (bicyclic) bond motifs is 1. The Bertz CT molecular complexity index is 784. The summed E-state index contributed by atoms with van der Waals surface area (Å²) in [5, 5.41) is 3.71. The average Bonchev–Trinajstić information content (AvgIpc) is 3.06. The van der Waals surface area contributed by atoms with Crippen LogP contribution in [0.5, 0.6) is 0 Å². The van der Waals surface area contributed by atoms with Crippen molar-refractivity contribution >= 4 is 6.03 Å². The lowest BCUT2D eigenvalue weighted by molar-refractivity contribution is 0.138. The number of likely N-dealkylation sites (tertiary alicyclic amines) is 1. The van der Waals surface area contributed by atoms with E-state index in [-0.39, 0.29) is 11.0 Å². The molecule has 0 radical (unpaired) electrons. The van der Waals surface area contributed by atoms with Crippen LogP contribution in [0.1, 0.15) is 87.6 Å². The van der Waals surface area contributed by atoms with Gasteiger partial charge < -0.3 is 15.1 Å². The van der Waals surface area contributed by atoms with E-state index in [4.69, 9.17) is 0 Å². The van der Waals surface area contributed by atoms with E-state index in [9.17, 15) is 4.79 Å². The zero-order valence-electron chi connectivity index (χ0n) is 17.8. The number of carbonyl (C=O) groups is 1. The molecule has 1 aliphatic carbocycles. The van der Waals surface area contributed by atoms with Gasteiger partial charge >= 0.3 is 6.03 Å². The van der Waals surface area contributed by atoms with Crippen molar-refractivity contribution in [3.8, 4) is 0 Å². The highest BCUT2D eigenvalue weighted by atomic mass is 16.2. The number of nitrogens with one attached hydrogen (secondary N) is 1. The monoisotopic (exact) mass is 381 g/mol. The van der Waals surface area contributed by atoms with Crippen molar-refractivity contribution < 1.29 is 4.79 Å². The van der Waals surface area contributed by atoms with E-state index in [1.807, 2.05) is 0 Å². The predicted octanol–water partition coefficient (Wildman–Crippen LogP) is 4.52. The van der Waals surface area contributed by atoms with Crippen LogP contribution in [-0.2, 0) is 18.4 Å². The van der Waals surface area contributed by atoms with Gasteiger partial charge in [-0.2, -0.15) is 0 Å². The second kappa shape index (κ2) is 6.48. The molecular formula is C24H35N3O. The van der Waals surface area contributed by atoms with Crippen LogP contribution < -0.4 is 5.32 Å². The van der Waals surface area contributed by atoms with Crippen LogP contribution in [-0.4, -0.2) is 41.0 Å². The van der Waals surface area contributed by atoms with Gasteiger partial charge in [-0.3, -0.25) is 0 Å². The summed E-state index contributed by atoms with van der Waals surface area (Å²) in [5.74, 6) is 0. The predicted molar refractivity (Wildman–Crippen MR) is 113 cm³/mol. The number of hydrogen-bond donors (Lipinski definition) is 1. The second-order valence-electron chi connectivity index (χ2n) is 10.5. The fourth-order valence-corrected chi connectivity index (χ4v) is 5.63. The Balaban J connectivity index is 1.46. The first-order valence-electron chi connectivity index (χ1n) is 11.3. The molecule has 4 aliphatic rings. The van der Waals surface area contributed by atoms with E-state index >= 15 is 0 Å². The summed E-state index contributed by atoms with van der Waals surface area (Å²) in [6.07, 6.45) is 8.29. The molecule has 0 bridgehead atoms. The Kier molecular flexibility index (Phi) is 4.28. The fourth-order valence-electron chi connectivity index (χ4n) is 5.63. The van der Waals surface area contributed by atoms with Crippen molar-refractivity contribution in [2.24, 2.45) is 0 Å². The van der Waals surface area contributed by atoms with Crippen LogP contribution in [0.15, 0.2) is 12.1 Å². The maximum atomic E-state index is 13.4. The van der Waals surface area contributed by atoms with Gasteiger partial charge in [-0.1, -0.05) is 32.9 Å². The molecule has 4 nitrogen and oxygen atoms in total. The smallest absolute Gasteiger partial charge is 0.320 e. The highest BCUT2D eigenvalue weighted by Crippen LogP contribution is 2.50. The number of carbonyl (C=O) groups excluding carboxylic acids is 1. The Hall–Kier alpha value is -1.55. The molecular weight excluding hydrogens is 346 g/mol. The van der Waals surface area contributed by atoms with E-state index < -0.39 is 0 Å². The Morgan fingerprint density at radius 3 is 2.64 bits per heavy atom. The first-order chi connectivity index (χ1) is 13.4. The molecule has 152 valence electrons. The molecule has 0 unspecified atom stereocenters. The molecule has 1 aromatic carbocycles. The quantitative estimate of drug-likeness (QED) is 0.776. The van der Waals surface area contributed by atoms with Gasteiger partial charge in [0.15, 0.2) is 0 Å². The average molecular weight is 382 g/mol. The van der Waals surface area contributed by atoms with Crippen molar-refractivity contribution in [3.05, 3.63) is 34.4 Å². The van der Waals surface area contributed by atoms with Gasteiger partial charge in [-0.15, -0.1) is 0 Å². The van der Waals surface area contributed by atoms with Gasteiger partial charge in [0.25, 0.3) is 0 Å². The van der Waals surface area contributed by atoms with Crippen molar-refractivity contribution in [3.63, 3.8) is 0 Å². The minimum Gasteiger partial charge on any atom is -0.320 e. The molecule has 3 fully saturated rings. The molecule has 3 aliphatic heterocycles. The normalized spacial score (nSPS) is 26.0. The number of urea groups is 1.